The van der Waals surface area contributed by atoms with Crippen molar-refractivity contribution in [2.24, 2.45) is 0 Å². The van der Waals surface area contributed by atoms with E-state index >= 15 is 0 Å². The first-order chi connectivity index (χ1) is 15.7. The van der Waals surface area contributed by atoms with E-state index < -0.39 is 17.9 Å². The van der Waals surface area contributed by atoms with E-state index in [1.54, 1.807) is 32.1 Å². The van der Waals surface area contributed by atoms with E-state index in [0.29, 0.717) is 31.9 Å². The van der Waals surface area contributed by atoms with E-state index in [2.05, 4.69) is 6.58 Å². The molecule has 0 saturated carbocycles. The van der Waals surface area contributed by atoms with Crippen molar-refractivity contribution in [3.8, 4) is 17.2 Å². The van der Waals surface area contributed by atoms with Gasteiger partial charge in [-0.15, -0.1) is 22.7 Å². The van der Waals surface area contributed by atoms with Crippen molar-refractivity contribution in [1.82, 2.24) is 0 Å². The molecule has 9 heteroatoms. The number of hydrogen-bond acceptors (Lipinski definition) is 9. The molecule has 3 rings (SSSR count). The van der Waals surface area contributed by atoms with E-state index in [9.17, 15) is 19.8 Å². The highest BCUT2D eigenvalue weighted by Crippen LogP contribution is 2.50. The Morgan fingerprint density at radius 3 is 1.79 bits per heavy atom. The highest BCUT2D eigenvalue weighted by Gasteiger charge is 2.34. The van der Waals surface area contributed by atoms with E-state index in [4.69, 9.17) is 14.2 Å². The molecule has 33 heavy (non-hydrogen) atoms. The van der Waals surface area contributed by atoms with Crippen LogP contribution in [0.25, 0.3) is 0 Å². The van der Waals surface area contributed by atoms with Gasteiger partial charge in [-0.1, -0.05) is 24.8 Å². The summed E-state index contributed by atoms with van der Waals surface area (Å²) in [5.74, 6) is -1.76. The van der Waals surface area contributed by atoms with Crippen molar-refractivity contribution in [3.63, 3.8) is 0 Å². The van der Waals surface area contributed by atoms with Gasteiger partial charge in [0.05, 0.1) is 29.9 Å². The Morgan fingerprint density at radius 1 is 0.939 bits per heavy atom. The van der Waals surface area contributed by atoms with Gasteiger partial charge in [0.2, 0.25) is 0 Å². The minimum atomic E-state index is -0.652. The third-order valence-corrected chi connectivity index (χ3v) is 7.37. The molecule has 0 bridgehead atoms. The van der Waals surface area contributed by atoms with Gasteiger partial charge in [-0.05, 0) is 31.5 Å². The van der Waals surface area contributed by atoms with Crippen molar-refractivity contribution in [1.29, 1.82) is 0 Å². The number of thiophene rings is 2. The summed E-state index contributed by atoms with van der Waals surface area (Å²) in [4.78, 5) is 26.5. The summed E-state index contributed by atoms with van der Waals surface area (Å²) in [6.07, 6.45) is 1.64. The van der Waals surface area contributed by atoms with Crippen LogP contribution in [0.2, 0.25) is 0 Å². The third-order valence-electron chi connectivity index (χ3n) is 5.06. The monoisotopic (exact) mass is 488 g/mol. The van der Waals surface area contributed by atoms with Gasteiger partial charge in [0.15, 0.2) is 0 Å². The Bertz CT molecular complexity index is 1120. The quantitative estimate of drug-likeness (QED) is 0.334. The molecule has 1 aromatic carbocycles. The summed E-state index contributed by atoms with van der Waals surface area (Å²) in [5.41, 5.74) is 0.880. The van der Waals surface area contributed by atoms with Crippen LogP contribution < -0.4 is 4.74 Å². The number of aryl methyl sites for hydroxylation is 2. The van der Waals surface area contributed by atoms with Crippen molar-refractivity contribution < 1.29 is 34.0 Å². The van der Waals surface area contributed by atoms with Crippen LogP contribution in [0.1, 0.15) is 51.7 Å². The van der Waals surface area contributed by atoms with Crippen molar-refractivity contribution >= 4 is 34.6 Å². The summed E-state index contributed by atoms with van der Waals surface area (Å²) in [6, 6.07) is 7.15. The zero-order valence-corrected chi connectivity index (χ0v) is 20.3. The van der Waals surface area contributed by atoms with Crippen molar-refractivity contribution in [2.45, 2.75) is 19.8 Å². The topological polar surface area (TPSA) is 102 Å². The van der Waals surface area contributed by atoms with Crippen LogP contribution in [-0.4, -0.2) is 43.0 Å². The fourth-order valence-electron chi connectivity index (χ4n) is 3.52. The van der Waals surface area contributed by atoms with Gasteiger partial charge >= 0.3 is 11.9 Å². The van der Waals surface area contributed by atoms with E-state index in [0.717, 1.165) is 5.56 Å². The molecular weight excluding hydrogens is 464 g/mol. The molecular formula is C24H24O7S2. The predicted molar refractivity (Wildman–Crippen MR) is 127 cm³/mol. The Kier molecular flexibility index (Phi) is 7.45. The van der Waals surface area contributed by atoms with Crippen LogP contribution in [0.5, 0.6) is 17.2 Å². The number of carbonyl (C=O) groups is 2. The number of ether oxygens (including phenoxy) is 3. The highest BCUT2D eigenvalue weighted by molar-refractivity contribution is 7.14. The van der Waals surface area contributed by atoms with Crippen molar-refractivity contribution in [3.05, 3.63) is 73.1 Å². The molecule has 3 aromatic rings. The van der Waals surface area contributed by atoms with Crippen LogP contribution in [0, 0.1) is 13.8 Å². The number of methoxy groups -OCH3 is 2. The summed E-state index contributed by atoms with van der Waals surface area (Å²) in [6.45, 7) is 7.40. The first kappa shape index (κ1) is 24.3. The number of aromatic hydroxyl groups is 2. The largest absolute Gasteiger partial charge is 0.506 e. The van der Waals surface area contributed by atoms with Gasteiger partial charge in [0, 0.05) is 9.75 Å². The highest BCUT2D eigenvalue weighted by atomic mass is 32.1. The molecule has 0 aliphatic heterocycles. The maximum Gasteiger partial charge on any atom is 0.342 e. The molecule has 2 N–H and O–H groups in total. The average molecular weight is 489 g/mol. The zero-order chi connectivity index (χ0) is 24.3. The van der Waals surface area contributed by atoms with Crippen LogP contribution in [0.15, 0.2) is 36.9 Å². The SMILES string of the molecule is C=CCOc1ccc(C(c2sc(C)c(C(=O)OC)c2O)c2sc(C)c(C(=O)OC)c2O)cc1. The van der Waals surface area contributed by atoms with Crippen LogP contribution in [-0.2, 0) is 9.47 Å². The lowest BCUT2D eigenvalue weighted by atomic mass is 9.93. The zero-order valence-electron chi connectivity index (χ0n) is 18.6. The minimum Gasteiger partial charge on any atom is -0.506 e. The lowest BCUT2D eigenvalue weighted by Crippen LogP contribution is -2.04. The van der Waals surface area contributed by atoms with Gasteiger partial charge in [0.25, 0.3) is 0 Å². The van der Waals surface area contributed by atoms with Gasteiger partial charge in [-0.25, -0.2) is 9.59 Å². The predicted octanol–water partition coefficient (Wildman–Crippen LogP) is 5.16. The summed E-state index contributed by atoms with van der Waals surface area (Å²) < 4.78 is 15.2. The maximum atomic E-state index is 12.3. The number of benzene rings is 1. The molecule has 0 aliphatic rings. The Hall–Kier alpha value is -3.30. The van der Waals surface area contributed by atoms with Crippen LogP contribution >= 0.6 is 22.7 Å². The summed E-state index contributed by atoms with van der Waals surface area (Å²) in [5, 5.41) is 22.0. The summed E-state index contributed by atoms with van der Waals surface area (Å²) in [7, 11) is 2.49. The van der Waals surface area contributed by atoms with E-state index in [-0.39, 0.29) is 22.6 Å². The minimum absolute atomic E-state index is 0.0781. The molecule has 0 aliphatic carbocycles. The second-order valence-corrected chi connectivity index (χ2v) is 9.59. The summed E-state index contributed by atoms with van der Waals surface area (Å²) >= 11 is 2.45. The van der Waals surface area contributed by atoms with Crippen LogP contribution in [0.4, 0.5) is 0 Å². The molecule has 0 saturated heterocycles. The second-order valence-electron chi connectivity index (χ2n) is 7.08. The molecule has 0 fully saturated rings. The normalized spacial score (nSPS) is 10.8. The van der Waals surface area contributed by atoms with E-state index in [1.807, 2.05) is 12.1 Å². The second kappa shape index (κ2) is 10.1. The first-order valence-electron chi connectivity index (χ1n) is 9.89. The first-order valence-corrected chi connectivity index (χ1v) is 11.5. The molecule has 0 radical (unpaired) electrons. The van der Waals surface area contributed by atoms with Gasteiger partial charge in [-0.2, -0.15) is 0 Å². The van der Waals surface area contributed by atoms with Gasteiger partial charge in [-0.3, -0.25) is 0 Å². The smallest absolute Gasteiger partial charge is 0.342 e. The third kappa shape index (κ3) is 4.60. The van der Waals surface area contributed by atoms with Gasteiger partial charge < -0.3 is 24.4 Å². The molecule has 0 unspecified atom stereocenters. The fraction of sp³-hybridized carbons (Fsp3) is 0.250. The number of hydrogen-bond donors (Lipinski definition) is 2. The molecule has 174 valence electrons. The number of rotatable bonds is 8. The van der Waals surface area contributed by atoms with Gasteiger partial charge in [0.1, 0.15) is 35.0 Å². The standard InChI is InChI=1S/C24H24O7S2/c1-6-11-31-15-9-7-14(8-10-15)18(21-19(25)16(12(2)32-21)23(27)29-4)22-20(26)17(13(3)33-22)24(28)30-5/h6-10,18,25-26H,1,11H2,2-5H3. The Morgan fingerprint density at radius 2 is 1.39 bits per heavy atom. The molecule has 7 nitrogen and oxygen atoms in total. The lowest BCUT2D eigenvalue weighted by Gasteiger charge is -2.17. The molecule has 2 aromatic heterocycles. The average Bonchev–Trinajstić information content (AvgIpc) is 3.26. The van der Waals surface area contributed by atoms with E-state index in [1.165, 1.54) is 36.9 Å². The molecule has 2 heterocycles. The maximum absolute atomic E-state index is 12.3. The molecule has 0 spiro atoms. The lowest BCUT2D eigenvalue weighted by molar-refractivity contribution is 0.0588. The Labute approximate surface area is 199 Å². The fourth-order valence-corrected chi connectivity index (χ4v) is 5.96. The Balaban J connectivity index is 2.22. The number of esters is 2. The van der Waals surface area contributed by atoms with Crippen LogP contribution in [0.3, 0.4) is 0 Å². The number of carbonyl (C=O) groups excluding carboxylic acids is 2. The van der Waals surface area contributed by atoms with Crippen molar-refractivity contribution in [2.75, 3.05) is 20.8 Å². The molecule has 0 amide bonds. The molecule has 0 atom stereocenters.